The van der Waals surface area contributed by atoms with Gasteiger partial charge in [0.25, 0.3) is 0 Å². The molecule has 9 heteroatoms. The second-order valence-corrected chi connectivity index (χ2v) is 15.1. The number of rotatable bonds is 14. The van der Waals surface area contributed by atoms with E-state index in [1.54, 1.807) is 0 Å². The van der Waals surface area contributed by atoms with Gasteiger partial charge in [-0.3, -0.25) is 9.59 Å². The highest BCUT2D eigenvalue weighted by Gasteiger charge is 2.68. The highest BCUT2D eigenvalue weighted by molar-refractivity contribution is 8.00. The van der Waals surface area contributed by atoms with Crippen molar-refractivity contribution in [1.29, 1.82) is 0 Å². The first-order valence-corrected chi connectivity index (χ1v) is 17.4. The average molecular weight is 617 g/mol. The van der Waals surface area contributed by atoms with Crippen molar-refractivity contribution >= 4 is 23.5 Å². The molecule has 4 rings (SSSR count). The van der Waals surface area contributed by atoms with Crippen LogP contribution in [-0.4, -0.2) is 67.5 Å². The Labute approximate surface area is 263 Å². The minimum Gasteiger partial charge on any atom is -0.461 e. The van der Waals surface area contributed by atoms with Gasteiger partial charge in [0, 0.05) is 41.2 Å². The van der Waals surface area contributed by atoms with Crippen molar-refractivity contribution in [2.75, 3.05) is 38.5 Å². The quantitative estimate of drug-likeness (QED) is 0.120. The van der Waals surface area contributed by atoms with E-state index in [9.17, 15) is 14.7 Å². The van der Waals surface area contributed by atoms with Crippen molar-refractivity contribution in [3.05, 3.63) is 29.8 Å². The van der Waals surface area contributed by atoms with Crippen molar-refractivity contribution in [3.8, 4) is 0 Å². The van der Waals surface area contributed by atoms with Gasteiger partial charge in [0.15, 0.2) is 0 Å². The molecular weight excluding hydrogens is 560 g/mol. The number of nitrogens with two attached hydrogens (primary N) is 2. The molecule has 0 radical (unpaired) electrons. The van der Waals surface area contributed by atoms with Crippen molar-refractivity contribution in [1.82, 2.24) is 10.6 Å². The van der Waals surface area contributed by atoms with Crippen LogP contribution in [0.1, 0.15) is 78.2 Å². The highest BCUT2D eigenvalue weighted by atomic mass is 32.2. The Morgan fingerprint density at radius 1 is 1.07 bits per heavy atom. The number of aliphatic hydroxyl groups excluding tert-OH is 1. The van der Waals surface area contributed by atoms with Gasteiger partial charge >= 0.3 is 5.97 Å². The van der Waals surface area contributed by atoms with Crippen LogP contribution in [0.25, 0.3) is 0 Å². The van der Waals surface area contributed by atoms with Gasteiger partial charge in [0.2, 0.25) is 0 Å². The Balaban J connectivity index is 1.54. The maximum Gasteiger partial charge on any atom is 0.316 e. The molecule has 0 spiro atoms. The van der Waals surface area contributed by atoms with E-state index in [0.29, 0.717) is 32.5 Å². The molecule has 0 heterocycles. The number of benzene rings is 1. The molecule has 1 aromatic rings. The molecular formula is C34H56N4O4S. The van der Waals surface area contributed by atoms with Gasteiger partial charge in [-0.2, -0.15) is 0 Å². The second-order valence-electron chi connectivity index (χ2n) is 14.1. The number of hydrogen-bond acceptors (Lipinski definition) is 9. The number of aliphatic hydroxyl groups is 1. The number of nitrogens with one attached hydrogen (secondary N) is 2. The Bertz CT molecular complexity index is 1090. The summed E-state index contributed by atoms with van der Waals surface area (Å²) in [6, 6.07) is 8.26. The molecule has 242 valence electrons. The molecule has 3 aliphatic carbocycles. The topological polar surface area (TPSA) is 140 Å². The van der Waals surface area contributed by atoms with Gasteiger partial charge in [-0.25, -0.2) is 0 Å². The van der Waals surface area contributed by atoms with E-state index in [-0.39, 0.29) is 40.7 Å². The molecule has 0 unspecified atom stereocenters. The molecule has 1 aromatic carbocycles. The Hall–Kier alpha value is -1.49. The van der Waals surface area contributed by atoms with Gasteiger partial charge in [0.1, 0.15) is 11.9 Å². The van der Waals surface area contributed by atoms with Crippen molar-refractivity contribution < 1.29 is 19.4 Å². The fourth-order valence-corrected chi connectivity index (χ4v) is 9.31. The van der Waals surface area contributed by atoms with Crippen LogP contribution >= 0.6 is 11.8 Å². The Morgan fingerprint density at radius 2 is 1.74 bits per heavy atom. The van der Waals surface area contributed by atoms with Gasteiger partial charge < -0.3 is 31.9 Å². The maximum absolute atomic E-state index is 13.7. The van der Waals surface area contributed by atoms with Gasteiger partial charge in [-0.15, -0.1) is 11.8 Å². The zero-order valence-corrected chi connectivity index (χ0v) is 27.6. The highest BCUT2D eigenvalue weighted by Crippen LogP contribution is 2.67. The third kappa shape index (κ3) is 7.17. The zero-order chi connectivity index (χ0) is 31.3. The predicted octanol–water partition coefficient (Wildman–Crippen LogP) is 3.88. The van der Waals surface area contributed by atoms with Gasteiger partial charge in [0.05, 0.1) is 11.9 Å². The van der Waals surface area contributed by atoms with Gasteiger partial charge in [-0.05, 0) is 99.7 Å². The molecule has 8 nitrogen and oxygen atoms in total. The van der Waals surface area contributed by atoms with Crippen LogP contribution in [0.3, 0.4) is 0 Å². The average Bonchev–Trinajstić information content (AvgIpc) is 3.35. The minimum atomic E-state index is -0.622. The lowest BCUT2D eigenvalue weighted by Gasteiger charge is -2.62. The first-order valence-electron chi connectivity index (χ1n) is 16.5. The number of Topliss-reactive ketones (excluding diaryl/α,β-unsaturated/α-hetero) is 1. The van der Waals surface area contributed by atoms with Crippen LogP contribution in [0.2, 0.25) is 0 Å². The third-order valence-corrected chi connectivity index (χ3v) is 12.4. The molecule has 0 aromatic heterocycles. The fourth-order valence-electron chi connectivity index (χ4n) is 8.63. The number of hydrogen-bond donors (Lipinski definition) is 5. The lowest BCUT2D eigenvalue weighted by atomic mass is 9.44. The predicted molar refractivity (Wildman–Crippen MR) is 174 cm³/mol. The molecule has 0 amide bonds. The van der Waals surface area contributed by atoms with E-state index >= 15 is 0 Å². The second kappa shape index (κ2) is 14.7. The molecule has 0 aliphatic heterocycles. The van der Waals surface area contributed by atoms with E-state index < -0.39 is 23.0 Å². The number of esters is 1. The van der Waals surface area contributed by atoms with E-state index in [0.717, 1.165) is 56.6 Å². The van der Waals surface area contributed by atoms with Crippen LogP contribution in [0.15, 0.2) is 29.2 Å². The van der Waals surface area contributed by atoms with Crippen LogP contribution < -0.4 is 22.1 Å². The summed E-state index contributed by atoms with van der Waals surface area (Å²) in [7, 11) is 0. The summed E-state index contributed by atoms with van der Waals surface area (Å²) in [5.41, 5.74) is 11.2. The smallest absolute Gasteiger partial charge is 0.316 e. The fraction of sp³-hybridized carbons (Fsp3) is 0.765. The molecule has 3 aliphatic rings. The number of carbonyl (C=O) groups excluding carboxylic acids is 2. The Morgan fingerprint density at radius 3 is 2.42 bits per heavy atom. The summed E-state index contributed by atoms with van der Waals surface area (Å²) in [6.07, 6.45) is 4.49. The first kappa shape index (κ1) is 34.4. The molecule has 0 saturated heterocycles. The summed E-state index contributed by atoms with van der Waals surface area (Å²) in [5, 5.41) is 18.9. The standard InChI is InChI=1S/C34H56N4O4S/c1-23-11-13-34-14-12-27(39)30(34)33(23,4)28(19-32(3,31(41)24(34)2)22-38-18-6-16-36)42-29(40)21-43-26-9-7-25(8-10-26)20-37-17-5-15-35/h7-10,23-24,28,30-31,37-38,41H,5-6,11-22,35-36H2,1-4H3/t23-,24+,28-,30+,31+,32-,33+,34+/m1/s1. The number of carbonyl (C=O) groups is 2. The minimum absolute atomic E-state index is 0.0249. The molecule has 43 heavy (non-hydrogen) atoms. The summed E-state index contributed by atoms with van der Waals surface area (Å²) < 4.78 is 6.48. The molecule has 3 fully saturated rings. The molecule has 3 saturated carbocycles. The van der Waals surface area contributed by atoms with Crippen molar-refractivity contribution in [2.24, 2.45) is 45.5 Å². The summed E-state index contributed by atoms with van der Waals surface area (Å²) in [4.78, 5) is 28.3. The van der Waals surface area contributed by atoms with Crippen LogP contribution in [0.5, 0.6) is 0 Å². The maximum atomic E-state index is 13.7. The normalized spacial score (nSPS) is 35.7. The van der Waals surface area contributed by atoms with Gasteiger partial charge in [-0.1, -0.05) is 39.8 Å². The largest absolute Gasteiger partial charge is 0.461 e. The lowest BCUT2D eigenvalue weighted by Crippen LogP contribution is -2.64. The van der Waals surface area contributed by atoms with Crippen LogP contribution in [-0.2, 0) is 20.9 Å². The third-order valence-electron chi connectivity index (χ3n) is 11.4. The van der Waals surface area contributed by atoms with Crippen LogP contribution in [0, 0.1) is 34.0 Å². The number of thioether (sulfide) groups is 1. The number of ether oxygens (including phenoxy) is 1. The first-order chi connectivity index (χ1) is 20.5. The summed E-state index contributed by atoms with van der Waals surface area (Å²) in [6.45, 7) is 13.1. The monoisotopic (exact) mass is 616 g/mol. The SMILES string of the molecule is C[C@@H]1CC[C@@]23CCC(=O)[C@H]2[C@]1(C)[C@H](OC(=O)CSc1ccc(CNCCCN)cc1)C[C@](C)(CNCCCN)[C@@H](O)[C@@H]3C. The van der Waals surface area contributed by atoms with Crippen molar-refractivity contribution in [3.63, 3.8) is 0 Å². The summed E-state index contributed by atoms with van der Waals surface area (Å²) >= 11 is 1.48. The number of ketones is 1. The van der Waals surface area contributed by atoms with E-state index in [1.165, 1.54) is 17.3 Å². The molecule has 2 bridgehead atoms. The Kier molecular flexibility index (Phi) is 11.8. The lowest BCUT2D eigenvalue weighted by molar-refractivity contribution is -0.210. The van der Waals surface area contributed by atoms with Crippen molar-refractivity contribution in [2.45, 2.75) is 96.3 Å². The molecule has 8 atom stereocenters. The summed E-state index contributed by atoms with van der Waals surface area (Å²) in [5.74, 6) is 0.206. The van der Waals surface area contributed by atoms with E-state index in [2.05, 4.69) is 50.5 Å². The zero-order valence-electron chi connectivity index (χ0n) is 26.8. The van der Waals surface area contributed by atoms with Crippen LogP contribution in [0.4, 0.5) is 0 Å². The van der Waals surface area contributed by atoms with E-state index in [4.69, 9.17) is 16.2 Å². The molecule has 7 N–H and O–H groups in total. The van der Waals surface area contributed by atoms with E-state index in [1.807, 2.05) is 12.1 Å².